The smallest absolute Gasteiger partial charge is 0.226 e. The number of piperidine rings is 1. The summed E-state index contributed by atoms with van der Waals surface area (Å²) in [5, 5.41) is 0. The molecular weight excluding hydrogens is 339 g/mol. The molecule has 3 nitrogen and oxygen atoms in total. The molecule has 2 heterocycles. The normalized spacial score (nSPS) is 19.6. The van der Waals surface area contributed by atoms with Gasteiger partial charge in [0, 0.05) is 25.0 Å². The van der Waals surface area contributed by atoms with Crippen molar-refractivity contribution >= 4 is 5.91 Å². The fourth-order valence-electron chi connectivity index (χ4n) is 4.43. The Morgan fingerprint density at radius 3 is 2.37 bits per heavy atom. The maximum absolute atomic E-state index is 13.1. The molecule has 0 spiro atoms. The van der Waals surface area contributed by atoms with Crippen LogP contribution in [0.15, 0.2) is 48.5 Å². The van der Waals surface area contributed by atoms with Gasteiger partial charge >= 0.3 is 0 Å². The number of benzene rings is 2. The van der Waals surface area contributed by atoms with Gasteiger partial charge in [-0.2, -0.15) is 0 Å². The summed E-state index contributed by atoms with van der Waals surface area (Å²) in [6.07, 6.45) is 2.77. The number of fused-ring (bicyclic) bond motifs is 1. The van der Waals surface area contributed by atoms with Crippen LogP contribution in [-0.2, 0) is 17.8 Å². The van der Waals surface area contributed by atoms with Crippen molar-refractivity contribution in [3.8, 4) is 0 Å². The predicted molar refractivity (Wildman–Crippen MR) is 105 cm³/mol. The van der Waals surface area contributed by atoms with Gasteiger partial charge in [0.25, 0.3) is 0 Å². The Morgan fingerprint density at radius 2 is 1.67 bits per heavy atom. The molecule has 0 N–H and O–H groups in total. The van der Waals surface area contributed by atoms with Gasteiger partial charge in [-0.25, -0.2) is 4.39 Å². The van der Waals surface area contributed by atoms with Gasteiger partial charge in [-0.1, -0.05) is 36.4 Å². The first kappa shape index (κ1) is 18.2. The van der Waals surface area contributed by atoms with Crippen LogP contribution in [0.3, 0.4) is 0 Å². The van der Waals surface area contributed by atoms with Gasteiger partial charge in [-0.05, 0) is 68.1 Å². The monoisotopic (exact) mass is 366 g/mol. The number of rotatable bonds is 3. The molecule has 0 unspecified atom stereocenters. The van der Waals surface area contributed by atoms with E-state index in [1.54, 1.807) is 0 Å². The zero-order valence-corrected chi connectivity index (χ0v) is 15.9. The highest BCUT2D eigenvalue weighted by atomic mass is 19.1. The van der Waals surface area contributed by atoms with Gasteiger partial charge in [0.1, 0.15) is 5.82 Å². The zero-order valence-electron chi connectivity index (χ0n) is 15.9. The molecule has 2 aliphatic rings. The molecular formula is C23H27FN2O. The van der Waals surface area contributed by atoms with Crippen molar-refractivity contribution in [1.82, 2.24) is 9.80 Å². The zero-order chi connectivity index (χ0) is 18.8. The molecule has 1 atom stereocenters. The predicted octanol–water partition coefficient (Wildman–Crippen LogP) is 4.18. The van der Waals surface area contributed by atoms with Gasteiger partial charge in [-0.15, -0.1) is 0 Å². The largest absolute Gasteiger partial charge is 0.338 e. The summed E-state index contributed by atoms with van der Waals surface area (Å²) < 4.78 is 13.1. The van der Waals surface area contributed by atoms with Gasteiger partial charge in [0.15, 0.2) is 0 Å². The van der Waals surface area contributed by atoms with Crippen LogP contribution in [0.4, 0.5) is 4.39 Å². The molecule has 0 aliphatic carbocycles. The number of carbonyl (C=O) groups is 1. The van der Waals surface area contributed by atoms with Gasteiger partial charge in [-0.3, -0.25) is 9.69 Å². The number of amides is 1. The Kier molecular flexibility index (Phi) is 5.26. The third-order valence-corrected chi connectivity index (χ3v) is 6.22. The molecule has 0 bridgehead atoms. The van der Waals surface area contributed by atoms with E-state index in [1.165, 1.54) is 23.3 Å². The molecule has 4 heteroatoms. The van der Waals surface area contributed by atoms with Crippen LogP contribution in [0.5, 0.6) is 0 Å². The van der Waals surface area contributed by atoms with Crippen molar-refractivity contribution in [1.29, 1.82) is 0 Å². The Bertz CT molecular complexity index is 796. The molecule has 0 radical (unpaired) electrons. The summed E-state index contributed by atoms with van der Waals surface area (Å²) in [6.45, 7) is 5.58. The quantitative estimate of drug-likeness (QED) is 0.813. The number of nitrogens with zero attached hydrogens (tertiary/aromatic N) is 2. The van der Waals surface area contributed by atoms with Crippen molar-refractivity contribution in [2.75, 3.05) is 19.6 Å². The highest BCUT2D eigenvalue weighted by Crippen LogP contribution is 2.29. The van der Waals surface area contributed by atoms with Crippen molar-refractivity contribution in [2.24, 2.45) is 5.92 Å². The Balaban J connectivity index is 1.34. The summed E-state index contributed by atoms with van der Waals surface area (Å²) in [7, 11) is 0. The molecule has 0 aromatic heterocycles. The number of halogens is 1. The second kappa shape index (κ2) is 7.81. The summed E-state index contributed by atoms with van der Waals surface area (Å²) in [5.41, 5.74) is 3.80. The maximum atomic E-state index is 13.1. The van der Waals surface area contributed by atoms with Crippen molar-refractivity contribution in [3.63, 3.8) is 0 Å². The lowest BCUT2D eigenvalue weighted by atomic mass is 9.91. The lowest BCUT2D eigenvalue weighted by Crippen LogP contribution is -2.44. The molecule has 4 rings (SSSR count). The van der Waals surface area contributed by atoms with E-state index < -0.39 is 0 Å². The van der Waals surface area contributed by atoms with Gasteiger partial charge in [0.05, 0.1) is 0 Å². The van der Waals surface area contributed by atoms with E-state index in [2.05, 4.69) is 36.1 Å². The van der Waals surface area contributed by atoms with Crippen LogP contribution in [0.1, 0.15) is 42.5 Å². The minimum atomic E-state index is -0.196. The summed E-state index contributed by atoms with van der Waals surface area (Å²) in [6, 6.07) is 15.5. The molecule has 1 saturated heterocycles. The van der Waals surface area contributed by atoms with Crippen LogP contribution in [0, 0.1) is 11.7 Å². The molecule has 2 aliphatic heterocycles. The molecule has 27 heavy (non-hydrogen) atoms. The molecule has 1 amide bonds. The average molecular weight is 366 g/mol. The van der Waals surface area contributed by atoms with E-state index in [1.807, 2.05) is 17.0 Å². The number of hydrogen-bond donors (Lipinski definition) is 0. The van der Waals surface area contributed by atoms with Crippen molar-refractivity contribution < 1.29 is 9.18 Å². The number of likely N-dealkylation sites (tertiary alicyclic amines) is 1. The first-order chi connectivity index (χ1) is 13.1. The van der Waals surface area contributed by atoms with Crippen LogP contribution in [0.25, 0.3) is 0 Å². The van der Waals surface area contributed by atoms with Crippen LogP contribution >= 0.6 is 0 Å². The second-order valence-corrected chi connectivity index (χ2v) is 7.82. The summed E-state index contributed by atoms with van der Waals surface area (Å²) >= 11 is 0. The van der Waals surface area contributed by atoms with E-state index in [0.717, 1.165) is 51.0 Å². The maximum Gasteiger partial charge on any atom is 0.226 e. The van der Waals surface area contributed by atoms with Crippen LogP contribution in [0.2, 0.25) is 0 Å². The summed E-state index contributed by atoms with van der Waals surface area (Å²) in [5.74, 6) is 0.254. The minimum absolute atomic E-state index is 0.131. The third-order valence-electron chi connectivity index (χ3n) is 6.22. The first-order valence-electron chi connectivity index (χ1n) is 9.97. The average Bonchev–Trinajstić information content (AvgIpc) is 2.73. The summed E-state index contributed by atoms with van der Waals surface area (Å²) in [4.78, 5) is 17.5. The standard InChI is InChI=1S/C23H27FN2O/c1-17(18-6-8-22(24)9-7-18)25-13-11-20(12-14-25)23(27)26-15-10-19-4-2-3-5-21(19)16-26/h2-9,17,20H,10-16H2,1H3/t17-/m0/s1. The lowest BCUT2D eigenvalue weighted by molar-refractivity contribution is -0.138. The Labute approximate surface area is 160 Å². The first-order valence-corrected chi connectivity index (χ1v) is 9.97. The molecule has 2 aromatic carbocycles. The highest BCUT2D eigenvalue weighted by Gasteiger charge is 2.31. The van der Waals surface area contributed by atoms with Crippen molar-refractivity contribution in [3.05, 3.63) is 71.0 Å². The van der Waals surface area contributed by atoms with E-state index in [4.69, 9.17) is 0 Å². The SMILES string of the molecule is C[C@@H](c1ccc(F)cc1)N1CCC(C(=O)N2CCc3ccccc3C2)CC1. The number of hydrogen-bond acceptors (Lipinski definition) is 2. The number of carbonyl (C=O) groups excluding carboxylic acids is 1. The highest BCUT2D eigenvalue weighted by molar-refractivity contribution is 5.79. The van der Waals surface area contributed by atoms with E-state index in [9.17, 15) is 9.18 Å². The lowest BCUT2D eigenvalue weighted by Gasteiger charge is -2.38. The fraction of sp³-hybridized carbons (Fsp3) is 0.435. The van der Waals surface area contributed by atoms with E-state index in [0.29, 0.717) is 5.91 Å². The van der Waals surface area contributed by atoms with E-state index in [-0.39, 0.29) is 17.8 Å². The van der Waals surface area contributed by atoms with Gasteiger partial charge in [0.2, 0.25) is 5.91 Å². The van der Waals surface area contributed by atoms with Crippen molar-refractivity contribution in [2.45, 2.75) is 38.8 Å². The topological polar surface area (TPSA) is 23.6 Å². The third kappa shape index (κ3) is 3.91. The van der Waals surface area contributed by atoms with Gasteiger partial charge < -0.3 is 4.90 Å². The van der Waals surface area contributed by atoms with Crippen LogP contribution in [-0.4, -0.2) is 35.3 Å². The fourth-order valence-corrected chi connectivity index (χ4v) is 4.43. The molecule has 2 aromatic rings. The Morgan fingerprint density at radius 1 is 1.00 bits per heavy atom. The second-order valence-electron chi connectivity index (χ2n) is 7.82. The molecule has 1 fully saturated rings. The minimum Gasteiger partial charge on any atom is -0.338 e. The van der Waals surface area contributed by atoms with E-state index >= 15 is 0 Å². The Hall–Kier alpha value is -2.20. The molecule has 142 valence electrons. The molecule has 0 saturated carbocycles. The van der Waals surface area contributed by atoms with Crippen LogP contribution < -0.4 is 0 Å².